The molecule has 1 unspecified atom stereocenters. The first-order chi connectivity index (χ1) is 7.60. The van der Waals surface area contributed by atoms with Gasteiger partial charge in [-0.05, 0) is 19.8 Å². The van der Waals surface area contributed by atoms with Crippen LogP contribution >= 0.6 is 0 Å². The summed E-state index contributed by atoms with van der Waals surface area (Å²) in [6, 6.07) is 0. The van der Waals surface area contributed by atoms with E-state index < -0.39 is 0 Å². The molecular formula is C15H34Ar2N2. The van der Waals surface area contributed by atoms with Gasteiger partial charge < -0.3 is 0 Å². The standard InChI is InChI=1S/C7H16.C5H8N2.C2H6.CH4.2Ar/c1-4-6-7(3)5-2;1-4-3-5(2)7-6-4;1-2;;;/h7H,4-6H2,1-3H3;3H2,1-2H3;1-2H3;1H4;;. The molecule has 1 rings (SSSR count). The van der Waals surface area contributed by atoms with E-state index in [2.05, 4.69) is 31.0 Å². The quantitative estimate of drug-likeness (QED) is 0.634. The summed E-state index contributed by atoms with van der Waals surface area (Å²) < 4.78 is 0. The smallest absolute Gasteiger partial charge is 0.0431 e. The van der Waals surface area contributed by atoms with Gasteiger partial charge in [0.05, 0.1) is 0 Å². The minimum atomic E-state index is 0. The van der Waals surface area contributed by atoms with E-state index in [9.17, 15) is 0 Å². The topological polar surface area (TPSA) is 24.7 Å². The molecule has 1 atom stereocenters. The van der Waals surface area contributed by atoms with Crippen LogP contribution in [0.3, 0.4) is 0 Å². The third-order valence-corrected chi connectivity index (χ3v) is 2.38. The van der Waals surface area contributed by atoms with Gasteiger partial charge in [-0.1, -0.05) is 61.3 Å². The van der Waals surface area contributed by atoms with Gasteiger partial charge in [0.1, 0.15) is 0 Å². The van der Waals surface area contributed by atoms with E-state index >= 15 is 0 Å². The van der Waals surface area contributed by atoms with Crippen molar-refractivity contribution in [1.82, 2.24) is 0 Å². The summed E-state index contributed by atoms with van der Waals surface area (Å²) >= 11 is 0. The Bertz CT molecular complexity index is 198. The molecule has 0 saturated heterocycles. The summed E-state index contributed by atoms with van der Waals surface area (Å²) in [5.41, 5.74) is 2.25. The summed E-state index contributed by atoms with van der Waals surface area (Å²) in [7, 11) is 0. The van der Waals surface area contributed by atoms with Crippen molar-refractivity contribution in [3.63, 3.8) is 0 Å². The van der Waals surface area contributed by atoms with Crippen LogP contribution in [0.4, 0.5) is 0 Å². The summed E-state index contributed by atoms with van der Waals surface area (Å²) in [6.07, 6.45) is 5.05. The Hall–Kier alpha value is 1.86. The van der Waals surface area contributed by atoms with Crippen LogP contribution in [0.5, 0.6) is 0 Å². The first-order valence-electron chi connectivity index (χ1n) is 6.66. The van der Waals surface area contributed by atoms with Gasteiger partial charge in [-0.3, -0.25) is 0 Å². The second-order valence-electron chi connectivity index (χ2n) is 4.15. The van der Waals surface area contributed by atoms with Crippen LogP contribution in [-0.4, -0.2) is 11.4 Å². The van der Waals surface area contributed by atoms with Crippen LogP contribution in [0.25, 0.3) is 0 Å². The number of hydrogen-bond acceptors (Lipinski definition) is 2. The molecule has 2 nitrogen and oxygen atoms in total. The van der Waals surface area contributed by atoms with Crippen LogP contribution in [0, 0.1) is 81.4 Å². The average molecular weight is 322 g/mol. The van der Waals surface area contributed by atoms with E-state index in [1.54, 1.807) is 0 Å². The van der Waals surface area contributed by atoms with Crippen molar-refractivity contribution in [2.75, 3.05) is 0 Å². The Labute approximate surface area is 182 Å². The Balaban J connectivity index is -0.0000000533. The van der Waals surface area contributed by atoms with Crippen LogP contribution < -0.4 is 0 Å². The first kappa shape index (κ1) is 32.7. The van der Waals surface area contributed by atoms with E-state index in [1.165, 1.54) is 19.3 Å². The molecular weight excluding hydrogens is 288 g/mol. The fourth-order valence-corrected chi connectivity index (χ4v) is 1.31. The van der Waals surface area contributed by atoms with Gasteiger partial charge in [-0.15, -0.1) is 0 Å². The van der Waals surface area contributed by atoms with Crippen molar-refractivity contribution in [3.05, 3.63) is 0 Å². The predicted octanol–water partition coefficient (Wildman–Crippen LogP) is 5.72. The summed E-state index contributed by atoms with van der Waals surface area (Å²) in [6.45, 7) is 14.8. The Morgan fingerprint density at radius 3 is 1.47 bits per heavy atom. The van der Waals surface area contributed by atoms with Gasteiger partial charge in [0.15, 0.2) is 0 Å². The maximum atomic E-state index is 3.82. The predicted molar refractivity (Wildman–Crippen MR) is 83.3 cm³/mol. The van der Waals surface area contributed by atoms with E-state index in [4.69, 9.17) is 0 Å². The Morgan fingerprint density at radius 1 is 1.00 bits per heavy atom. The molecule has 1 aliphatic rings. The fraction of sp³-hybridized carbons (Fsp3) is 0.867. The molecule has 1 aliphatic heterocycles. The third kappa shape index (κ3) is 25.2. The van der Waals surface area contributed by atoms with E-state index in [1.807, 2.05) is 27.7 Å². The maximum Gasteiger partial charge on any atom is 0.0431 e. The maximum absolute atomic E-state index is 3.82. The number of rotatable bonds is 3. The van der Waals surface area contributed by atoms with Crippen LogP contribution in [-0.2, 0) is 0 Å². The fourth-order valence-electron chi connectivity index (χ4n) is 1.31. The molecule has 120 valence electrons. The summed E-state index contributed by atoms with van der Waals surface area (Å²) in [5, 5.41) is 7.64. The van der Waals surface area contributed by atoms with Gasteiger partial charge in [0, 0.05) is 93.3 Å². The molecule has 0 radical (unpaired) electrons. The molecule has 0 bridgehead atoms. The van der Waals surface area contributed by atoms with Gasteiger partial charge in [0.25, 0.3) is 0 Å². The number of nitrogens with zero attached hydrogens (tertiary/aromatic N) is 2. The Kier molecular flexibility index (Phi) is 42.8. The van der Waals surface area contributed by atoms with Gasteiger partial charge in [0.2, 0.25) is 0 Å². The van der Waals surface area contributed by atoms with Gasteiger partial charge >= 0.3 is 0 Å². The zero-order valence-corrected chi connectivity index (χ0v) is 14.4. The molecule has 4 heteroatoms. The Morgan fingerprint density at radius 2 is 1.37 bits per heavy atom. The zero-order valence-electron chi connectivity index (χ0n) is 13.0. The van der Waals surface area contributed by atoms with E-state index in [0.29, 0.717) is 0 Å². The van der Waals surface area contributed by atoms with E-state index in [0.717, 1.165) is 23.8 Å². The molecule has 1 heterocycles. The molecule has 0 amide bonds. The second kappa shape index (κ2) is 24.9. The average Bonchev–Trinajstić information content (AvgIpc) is 2.66. The first-order valence-corrected chi connectivity index (χ1v) is 6.66. The minimum absolute atomic E-state index is 0. The molecule has 0 fully saturated rings. The van der Waals surface area contributed by atoms with Gasteiger partial charge in [-0.2, -0.15) is 10.2 Å². The second-order valence-corrected chi connectivity index (χ2v) is 4.15. The molecule has 0 aliphatic carbocycles. The van der Waals surface area contributed by atoms with Crippen LogP contribution in [0.2, 0.25) is 0 Å². The molecule has 0 aromatic heterocycles. The zero-order chi connectivity index (χ0) is 13.0. The summed E-state index contributed by atoms with van der Waals surface area (Å²) in [4.78, 5) is 0. The third-order valence-electron chi connectivity index (χ3n) is 2.38. The van der Waals surface area contributed by atoms with Gasteiger partial charge in [-0.25, -0.2) is 0 Å². The van der Waals surface area contributed by atoms with Crippen molar-refractivity contribution in [2.45, 2.75) is 81.6 Å². The molecule has 0 N–H and O–H groups in total. The van der Waals surface area contributed by atoms with Crippen molar-refractivity contribution in [3.8, 4) is 0 Å². The van der Waals surface area contributed by atoms with Crippen LogP contribution in [0.1, 0.15) is 81.6 Å². The largest absolute Gasteiger partial charge is 0.160 e. The monoisotopic (exact) mass is 322 g/mol. The van der Waals surface area contributed by atoms with Crippen molar-refractivity contribution < 1.29 is 75.5 Å². The number of hydrogen-bond donors (Lipinski definition) is 0. The molecule has 0 aromatic carbocycles. The molecule has 0 spiro atoms. The summed E-state index contributed by atoms with van der Waals surface area (Å²) in [5.74, 6) is 0.949. The molecule has 0 saturated carbocycles. The molecule has 0 aromatic rings. The SMILES string of the molecule is C.CC.CC1=NN=C(C)C1.CCCC(C)CC.[Ar].[Ar]. The van der Waals surface area contributed by atoms with E-state index in [-0.39, 0.29) is 82.9 Å². The van der Waals surface area contributed by atoms with Crippen molar-refractivity contribution in [2.24, 2.45) is 16.1 Å². The van der Waals surface area contributed by atoms with Crippen LogP contribution in [0.15, 0.2) is 10.2 Å². The molecule has 19 heavy (non-hydrogen) atoms. The van der Waals surface area contributed by atoms with Crippen molar-refractivity contribution in [1.29, 1.82) is 0 Å². The van der Waals surface area contributed by atoms with Crippen molar-refractivity contribution >= 4 is 11.4 Å². The minimum Gasteiger partial charge on any atom is -0.160 e. The normalized spacial score (nSPS) is 12.6.